The van der Waals surface area contributed by atoms with Gasteiger partial charge in [-0.3, -0.25) is 4.79 Å². The summed E-state index contributed by atoms with van der Waals surface area (Å²) < 4.78 is 23.4. The van der Waals surface area contributed by atoms with Crippen LogP contribution in [0.1, 0.15) is 5.56 Å². The van der Waals surface area contributed by atoms with E-state index in [0.717, 1.165) is 0 Å². The number of hydrogen-bond donors (Lipinski definition) is 2. The van der Waals surface area contributed by atoms with Gasteiger partial charge in [-0.2, -0.15) is 0 Å². The predicted molar refractivity (Wildman–Crippen MR) is 104 cm³/mol. The lowest BCUT2D eigenvalue weighted by molar-refractivity contribution is -0.115. The van der Waals surface area contributed by atoms with Crippen LogP contribution in [0.15, 0.2) is 54.6 Å². The van der Waals surface area contributed by atoms with Crippen molar-refractivity contribution in [3.8, 4) is 11.5 Å². The van der Waals surface area contributed by atoms with E-state index in [4.69, 9.17) is 9.47 Å². The van der Waals surface area contributed by atoms with E-state index in [1.165, 1.54) is 12.1 Å². The van der Waals surface area contributed by atoms with Crippen molar-refractivity contribution in [1.29, 1.82) is 0 Å². The lowest BCUT2D eigenvalue weighted by atomic mass is 10.1. The number of carbonyl (C=O) groups is 1. The maximum absolute atomic E-state index is 12.9. The van der Waals surface area contributed by atoms with Gasteiger partial charge >= 0.3 is 0 Å². The highest BCUT2D eigenvalue weighted by Crippen LogP contribution is 2.30. The van der Waals surface area contributed by atoms with Crippen LogP contribution in [0.4, 0.5) is 21.7 Å². The molecule has 3 rings (SSSR count). The third kappa shape index (κ3) is 4.94. The molecule has 1 amide bonds. The van der Waals surface area contributed by atoms with Gasteiger partial charge in [-0.25, -0.2) is 4.39 Å². The fourth-order valence-corrected chi connectivity index (χ4v) is 2.48. The van der Waals surface area contributed by atoms with E-state index in [1.54, 1.807) is 56.7 Å². The molecule has 0 aliphatic rings. The minimum atomic E-state index is -0.341. The standard InChI is InChI=1S/C20H19FN4O3/c1-27-15-7-8-16(17(12-15)28-2)22-18-9-10-19(25-24-18)23-20(26)11-13-3-5-14(21)6-4-13/h3-10,12H,11H2,1-2H3,(H,22,24)(H,23,25,26). The largest absolute Gasteiger partial charge is 0.497 e. The van der Waals surface area contributed by atoms with Crippen molar-refractivity contribution in [1.82, 2.24) is 10.2 Å². The Morgan fingerprint density at radius 1 is 0.964 bits per heavy atom. The molecule has 144 valence electrons. The van der Waals surface area contributed by atoms with Crippen molar-refractivity contribution in [2.45, 2.75) is 6.42 Å². The molecule has 8 heteroatoms. The number of benzene rings is 2. The predicted octanol–water partition coefficient (Wildman–Crippen LogP) is 3.56. The second kappa shape index (κ2) is 8.81. The topological polar surface area (TPSA) is 85.4 Å². The first kappa shape index (κ1) is 19.1. The third-order valence-electron chi connectivity index (χ3n) is 3.88. The van der Waals surface area contributed by atoms with Gasteiger partial charge in [0.15, 0.2) is 11.6 Å². The average Bonchev–Trinajstić information content (AvgIpc) is 2.71. The van der Waals surface area contributed by atoms with Crippen LogP contribution in [0.25, 0.3) is 0 Å². The molecule has 2 aromatic carbocycles. The smallest absolute Gasteiger partial charge is 0.229 e. The van der Waals surface area contributed by atoms with E-state index >= 15 is 0 Å². The van der Waals surface area contributed by atoms with E-state index in [1.807, 2.05) is 0 Å². The Morgan fingerprint density at radius 2 is 1.68 bits per heavy atom. The molecule has 0 bridgehead atoms. The summed E-state index contributed by atoms with van der Waals surface area (Å²) in [5.41, 5.74) is 1.41. The Morgan fingerprint density at radius 3 is 2.32 bits per heavy atom. The molecular weight excluding hydrogens is 363 g/mol. The van der Waals surface area contributed by atoms with Gasteiger partial charge in [-0.1, -0.05) is 12.1 Å². The minimum absolute atomic E-state index is 0.116. The summed E-state index contributed by atoms with van der Waals surface area (Å²) in [6, 6.07) is 14.4. The van der Waals surface area contributed by atoms with Crippen LogP contribution in [-0.2, 0) is 11.2 Å². The van der Waals surface area contributed by atoms with Gasteiger partial charge in [0.05, 0.1) is 26.3 Å². The third-order valence-corrected chi connectivity index (χ3v) is 3.88. The average molecular weight is 382 g/mol. The molecule has 0 aliphatic carbocycles. The molecule has 3 aromatic rings. The highest BCUT2D eigenvalue weighted by molar-refractivity contribution is 5.91. The van der Waals surface area contributed by atoms with Crippen LogP contribution in [0.2, 0.25) is 0 Å². The summed E-state index contributed by atoms with van der Waals surface area (Å²) in [4.78, 5) is 12.1. The van der Waals surface area contributed by atoms with Gasteiger partial charge in [-0.15, -0.1) is 10.2 Å². The molecule has 0 aliphatic heterocycles. The van der Waals surface area contributed by atoms with Gasteiger partial charge in [0.1, 0.15) is 17.3 Å². The van der Waals surface area contributed by atoms with Gasteiger partial charge < -0.3 is 20.1 Å². The first-order valence-electron chi connectivity index (χ1n) is 8.44. The van der Waals surface area contributed by atoms with Gasteiger partial charge in [0.25, 0.3) is 0 Å². The molecule has 1 aromatic heterocycles. The number of hydrogen-bond acceptors (Lipinski definition) is 6. The van der Waals surface area contributed by atoms with Crippen LogP contribution >= 0.6 is 0 Å². The van der Waals surface area contributed by atoms with E-state index in [9.17, 15) is 9.18 Å². The fraction of sp³-hybridized carbons (Fsp3) is 0.150. The van der Waals surface area contributed by atoms with Gasteiger partial charge in [0.2, 0.25) is 5.91 Å². The van der Waals surface area contributed by atoms with E-state index in [0.29, 0.717) is 34.4 Å². The Balaban J connectivity index is 1.62. The summed E-state index contributed by atoms with van der Waals surface area (Å²) in [5, 5.41) is 13.8. The summed E-state index contributed by atoms with van der Waals surface area (Å²) in [6.45, 7) is 0. The maximum atomic E-state index is 12.9. The summed E-state index contributed by atoms with van der Waals surface area (Å²) >= 11 is 0. The molecule has 0 unspecified atom stereocenters. The van der Waals surface area contributed by atoms with Crippen LogP contribution < -0.4 is 20.1 Å². The molecular formula is C20H19FN4O3. The van der Waals surface area contributed by atoms with E-state index in [-0.39, 0.29) is 18.1 Å². The number of carbonyl (C=O) groups excluding carboxylic acids is 1. The summed E-state index contributed by atoms with van der Waals surface area (Å²) in [7, 11) is 3.14. The van der Waals surface area contributed by atoms with Gasteiger partial charge in [0, 0.05) is 6.07 Å². The number of nitrogens with zero attached hydrogens (tertiary/aromatic N) is 2. The van der Waals surface area contributed by atoms with E-state index in [2.05, 4.69) is 20.8 Å². The molecule has 0 saturated heterocycles. The first-order chi connectivity index (χ1) is 13.6. The molecule has 2 N–H and O–H groups in total. The fourth-order valence-electron chi connectivity index (χ4n) is 2.48. The van der Waals surface area contributed by atoms with Crippen molar-refractivity contribution in [2.75, 3.05) is 24.9 Å². The van der Waals surface area contributed by atoms with Crippen LogP contribution in [-0.4, -0.2) is 30.3 Å². The maximum Gasteiger partial charge on any atom is 0.229 e. The van der Waals surface area contributed by atoms with E-state index < -0.39 is 0 Å². The van der Waals surface area contributed by atoms with Crippen molar-refractivity contribution in [3.05, 3.63) is 66.0 Å². The molecule has 28 heavy (non-hydrogen) atoms. The van der Waals surface area contributed by atoms with Crippen LogP contribution in [0.3, 0.4) is 0 Å². The van der Waals surface area contributed by atoms with Crippen molar-refractivity contribution in [2.24, 2.45) is 0 Å². The highest BCUT2D eigenvalue weighted by atomic mass is 19.1. The molecule has 0 saturated carbocycles. The summed E-state index contributed by atoms with van der Waals surface area (Å²) in [5.74, 6) is 1.47. The SMILES string of the molecule is COc1ccc(Nc2ccc(NC(=O)Cc3ccc(F)cc3)nn2)c(OC)c1. The second-order valence-electron chi connectivity index (χ2n) is 5.85. The number of amides is 1. The number of rotatable bonds is 7. The zero-order valence-electron chi connectivity index (χ0n) is 15.4. The Labute approximate surface area is 161 Å². The normalized spacial score (nSPS) is 10.2. The molecule has 1 heterocycles. The summed E-state index contributed by atoms with van der Waals surface area (Å²) in [6.07, 6.45) is 0.116. The molecule has 0 radical (unpaired) electrons. The number of nitrogens with one attached hydrogen (secondary N) is 2. The molecule has 0 fully saturated rings. The van der Waals surface area contributed by atoms with Crippen molar-refractivity contribution < 1.29 is 18.7 Å². The highest BCUT2D eigenvalue weighted by Gasteiger charge is 2.08. The number of aromatic nitrogens is 2. The number of anilines is 3. The number of methoxy groups -OCH3 is 2. The Kier molecular flexibility index (Phi) is 6.01. The molecule has 7 nitrogen and oxygen atoms in total. The molecule has 0 atom stereocenters. The van der Waals surface area contributed by atoms with Gasteiger partial charge in [-0.05, 0) is 42.0 Å². The zero-order valence-corrected chi connectivity index (χ0v) is 15.4. The zero-order chi connectivity index (χ0) is 19.9. The molecule has 0 spiro atoms. The lowest BCUT2D eigenvalue weighted by Crippen LogP contribution is -2.15. The van der Waals surface area contributed by atoms with Crippen molar-refractivity contribution >= 4 is 23.2 Å². The lowest BCUT2D eigenvalue weighted by Gasteiger charge is -2.12. The first-order valence-corrected chi connectivity index (χ1v) is 8.44. The minimum Gasteiger partial charge on any atom is -0.497 e. The Hall–Kier alpha value is -3.68. The quantitative estimate of drug-likeness (QED) is 0.650. The Bertz CT molecular complexity index is 947. The van der Waals surface area contributed by atoms with Crippen LogP contribution in [0.5, 0.6) is 11.5 Å². The van der Waals surface area contributed by atoms with Crippen molar-refractivity contribution in [3.63, 3.8) is 0 Å². The monoisotopic (exact) mass is 382 g/mol. The number of halogens is 1. The second-order valence-corrected chi connectivity index (χ2v) is 5.85. The number of ether oxygens (including phenoxy) is 2. The van der Waals surface area contributed by atoms with Crippen LogP contribution in [0, 0.1) is 5.82 Å².